The monoisotopic (exact) mass is 393 g/mol. The van der Waals surface area contributed by atoms with Crippen LogP contribution in [0.2, 0.25) is 0 Å². The molecule has 0 radical (unpaired) electrons. The summed E-state index contributed by atoms with van der Waals surface area (Å²) in [5.74, 6) is -0.581. The minimum Gasteiger partial charge on any atom is -0.494 e. The lowest BCUT2D eigenvalue weighted by molar-refractivity contribution is 0.0954. The van der Waals surface area contributed by atoms with Crippen molar-refractivity contribution in [2.75, 3.05) is 7.11 Å². The Morgan fingerprint density at radius 2 is 2.00 bits per heavy atom. The third-order valence-corrected chi connectivity index (χ3v) is 5.33. The van der Waals surface area contributed by atoms with Gasteiger partial charge in [-0.1, -0.05) is 12.1 Å². The molecule has 28 heavy (non-hydrogen) atoms. The molecular formula is C21H16FN3O2S. The number of amides is 1. The lowest BCUT2D eigenvalue weighted by Crippen LogP contribution is -2.22. The van der Waals surface area contributed by atoms with E-state index in [1.165, 1.54) is 18.4 Å². The SMILES string of the molecule is COc1cccc(CNC(=O)c2cc3ccc(-c4ccncc4)nc3s2)c1F. The van der Waals surface area contributed by atoms with E-state index in [0.717, 1.165) is 21.5 Å². The largest absolute Gasteiger partial charge is 0.494 e. The molecule has 0 aliphatic carbocycles. The van der Waals surface area contributed by atoms with Gasteiger partial charge in [0.05, 0.1) is 17.7 Å². The van der Waals surface area contributed by atoms with E-state index in [1.807, 2.05) is 24.3 Å². The fourth-order valence-electron chi connectivity index (χ4n) is 2.83. The molecule has 3 heterocycles. The number of thiophene rings is 1. The summed E-state index contributed by atoms with van der Waals surface area (Å²) in [5, 5.41) is 3.64. The van der Waals surface area contributed by atoms with Crippen molar-refractivity contribution in [3.05, 3.63) is 77.2 Å². The number of nitrogens with zero attached hydrogens (tertiary/aromatic N) is 2. The third kappa shape index (κ3) is 3.57. The first-order valence-corrected chi connectivity index (χ1v) is 9.38. The smallest absolute Gasteiger partial charge is 0.261 e. The first kappa shape index (κ1) is 18.1. The number of rotatable bonds is 5. The lowest BCUT2D eigenvalue weighted by atomic mass is 10.1. The molecular weight excluding hydrogens is 377 g/mol. The molecule has 0 spiro atoms. The molecule has 3 aromatic heterocycles. The molecule has 4 aromatic rings. The quantitative estimate of drug-likeness (QED) is 0.545. The van der Waals surface area contributed by atoms with Gasteiger partial charge in [0, 0.05) is 35.5 Å². The van der Waals surface area contributed by atoms with Crippen LogP contribution in [0.4, 0.5) is 4.39 Å². The van der Waals surface area contributed by atoms with E-state index in [1.54, 1.807) is 36.7 Å². The maximum absolute atomic E-state index is 14.2. The summed E-state index contributed by atoms with van der Waals surface area (Å²) in [6.07, 6.45) is 3.43. The summed E-state index contributed by atoms with van der Waals surface area (Å²) in [6, 6.07) is 14.3. The number of halogens is 1. The minimum absolute atomic E-state index is 0.0752. The molecule has 0 aliphatic rings. The molecule has 140 valence electrons. The molecule has 0 aliphatic heterocycles. The van der Waals surface area contributed by atoms with E-state index in [2.05, 4.69) is 15.3 Å². The van der Waals surface area contributed by atoms with Gasteiger partial charge in [0.15, 0.2) is 11.6 Å². The van der Waals surface area contributed by atoms with Crippen LogP contribution in [0.5, 0.6) is 5.75 Å². The van der Waals surface area contributed by atoms with E-state index in [4.69, 9.17) is 4.74 Å². The molecule has 0 unspecified atom stereocenters. The summed E-state index contributed by atoms with van der Waals surface area (Å²) in [4.78, 5) is 22.5. The van der Waals surface area contributed by atoms with Crippen LogP contribution in [0, 0.1) is 5.82 Å². The first-order chi connectivity index (χ1) is 13.7. The summed E-state index contributed by atoms with van der Waals surface area (Å²) in [6.45, 7) is 0.0752. The van der Waals surface area contributed by atoms with E-state index in [-0.39, 0.29) is 18.2 Å². The van der Waals surface area contributed by atoms with Crippen LogP contribution in [0.15, 0.2) is 60.9 Å². The topological polar surface area (TPSA) is 64.1 Å². The minimum atomic E-state index is -0.467. The molecule has 4 rings (SSSR count). The number of carbonyl (C=O) groups excluding carboxylic acids is 1. The molecule has 1 N–H and O–H groups in total. The number of benzene rings is 1. The number of hydrogen-bond acceptors (Lipinski definition) is 5. The number of fused-ring (bicyclic) bond motifs is 1. The van der Waals surface area contributed by atoms with Crippen molar-refractivity contribution in [2.45, 2.75) is 6.54 Å². The predicted molar refractivity (Wildman–Crippen MR) is 107 cm³/mol. The van der Waals surface area contributed by atoms with Gasteiger partial charge in [-0.15, -0.1) is 11.3 Å². The number of methoxy groups -OCH3 is 1. The second kappa shape index (κ2) is 7.74. The molecule has 0 saturated carbocycles. The number of hydrogen-bond donors (Lipinski definition) is 1. The summed E-state index contributed by atoms with van der Waals surface area (Å²) in [7, 11) is 1.41. The molecule has 0 atom stereocenters. The Hall–Kier alpha value is -3.32. The Bertz CT molecular complexity index is 1150. The lowest BCUT2D eigenvalue weighted by Gasteiger charge is -2.08. The highest BCUT2D eigenvalue weighted by Crippen LogP contribution is 2.27. The fourth-order valence-corrected chi connectivity index (χ4v) is 3.77. The predicted octanol–water partition coefficient (Wildman–Crippen LogP) is 4.44. The molecule has 7 heteroatoms. The standard InChI is InChI=1S/C21H16FN3O2S/c1-27-17-4-2-3-15(19(17)22)12-24-20(26)18-11-14-5-6-16(25-21(14)28-18)13-7-9-23-10-8-13/h2-11H,12H2,1H3,(H,24,26). The molecule has 5 nitrogen and oxygen atoms in total. The van der Waals surface area contributed by atoms with Gasteiger partial charge in [-0.3, -0.25) is 9.78 Å². The van der Waals surface area contributed by atoms with Gasteiger partial charge >= 0.3 is 0 Å². The van der Waals surface area contributed by atoms with Gasteiger partial charge in [-0.25, -0.2) is 9.37 Å². The molecule has 0 bridgehead atoms. The Kier molecular flexibility index (Phi) is 4.99. The summed E-state index contributed by atoms with van der Waals surface area (Å²) in [5.41, 5.74) is 2.15. The number of nitrogens with one attached hydrogen (secondary N) is 1. The highest BCUT2D eigenvalue weighted by Gasteiger charge is 2.14. The second-order valence-corrected chi connectivity index (χ2v) is 7.08. The Morgan fingerprint density at radius 3 is 2.79 bits per heavy atom. The van der Waals surface area contributed by atoms with Crippen molar-refractivity contribution < 1.29 is 13.9 Å². The van der Waals surface area contributed by atoms with Gasteiger partial charge in [-0.2, -0.15) is 0 Å². The van der Waals surface area contributed by atoms with Gasteiger partial charge < -0.3 is 10.1 Å². The zero-order valence-electron chi connectivity index (χ0n) is 15.0. The van der Waals surface area contributed by atoms with E-state index in [9.17, 15) is 9.18 Å². The van der Waals surface area contributed by atoms with Gasteiger partial charge in [0.1, 0.15) is 4.83 Å². The second-order valence-electron chi connectivity index (χ2n) is 6.05. The van der Waals surface area contributed by atoms with Gasteiger partial charge in [0.2, 0.25) is 0 Å². The maximum Gasteiger partial charge on any atom is 0.261 e. The number of ether oxygens (including phenoxy) is 1. The van der Waals surface area contributed by atoms with Crippen molar-refractivity contribution in [3.63, 3.8) is 0 Å². The van der Waals surface area contributed by atoms with Crippen molar-refractivity contribution in [1.82, 2.24) is 15.3 Å². The van der Waals surface area contributed by atoms with Crippen molar-refractivity contribution in [2.24, 2.45) is 0 Å². The third-order valence-electron chi connectivity index (χ3n) is 4.29. The average molecular weight is 393 g/mol. The van der Waals surface area contributed by atoms with E-state index in [0.29, 0.717) is 10.4 Å². The van der Waals surface area contributed by atoms with Crippen LogP contribution in [-0.4, -0.2) is 23.0 Å². The van der Waals surface area contributed by atoms with E-state index >= 15 is 0 Å². The van der Waals surface area contributed by atoms with Crippen LogP contribution >= 0.6 is 11.3 Å². The van der Waals surface area contributed by atoms with Crippen molar-refractivity contribution >= 4 is 27.5 Å². The van der Waals surface area contributed by atoms with Crippen molar-refractivity contribution in [1.29, 1.82) is 0 Å². The van der Waals surface area contributed by atoms with E-state index < -0.39 is 5.82 Å². The number of aromatic nitrogens is 2. The zero-order chi connectivity index (χ0) is 19.5. The summed E-state index contributed by atoms with van der Waals surface area (Å²) < 4.78 is 19.2. The normalized spacial score (nSPS) is 10.8. The van der Waals surface area contributed by atoms with Crippen LogP contribution in [0.25, 0.3) is 21.5 Å². The molecule has 0 fully saturated rings. The molecule has 1 aromatic carbocycles. The average Bonchev–Trinajstić information content (AvgIpc) is 3.17. The Balaban J connectivity index is 1.53. The summed E-state index contributed by atoms with van der Waals surface area (Å²) >= 11 is 1.30. The number of carbonyl (C=O) groups is 1. The van der Waals surface area contributed by atoms with Crippen LogP contribution in [0.1, 0.15) is 15.2 Å². The first-order valence-electron chi connectivity index (χ1n) is 8.56. The highest BCUT2D eigenvalue weighted by molar-refractivity contribution is 7.20. The van der Waals surface area contributed by atoms with Crippen LogP contribution < -0.4 is 10.1 Å². The fraction of sp³-hybridized carbons (Fsp3) is 0.0952. The number of pyridine rings is 2. The maximum atomic E-state index is 14.2. The van der Waals surface area contributed by atoms with Crippen LogP contribution in [0.3, 0.4) is 0 Å². The van der Waals surface area contributed by atoms with Crippen LogP contribution in [-0.2, 0) is 6.54 Å². The zero-order valence-corrected chi connectivity index (χ0v) is 15.8. The van der Waals surface area contributed by atoms with Gasteiger partial charge in [0.25, 0.3) is 5.91 Å². The molecule has 1 amide bonds. The molecule has 0 saturated heterocycles. The van der Waals surface area contributed by atoms with Gasteiger partial charge in [-0.05, 0) is 36.4 Å². The van der Waals surface area contributed by atoms with Crippen molar-refractivity contribution in [3.8, 4) is 17.0 Å². The Morgan fingerprint density at radius 1 is 1.18 bits per heavy atom. The Labute approximate surface area is 164 Å². The highest BCUT2D eigenvalue weighted by atomic mass is 32.1.